The number of aliphatic hydroxyl groups excluding tert-OH is 4. The molecule has 29 heavy (non-hydrogen) atoms. The van der Waals surface area contributed by atoms with Crippen LogP contribution in [0.1, 0.15) is 29.2 Å². The van der Waals surface area contributed by atoms with Gasteiger partial charge in [0.25, 0.3) is 0 Å². The van der Waals surface area contributed by atoms with Crippen LogP contribution in [-0.2, 0) is 28.1 Å². The third-order valence-corrected chi connectivity index (χ3v) is 5.90. The summed E-state index contributed by atoms with van der Waals surface area (Å²) in [7, 11) is 1.33. The topological polar surface area (TPSA) is 99.4 Å². The van der Waals surface area contributed by atoms with Crippen molar-refractivity contribution in [1.82, 2.24) is 0 Å². The second kappa shape index (κ2) is 9.10. The van der Waals surface area contributed by atoms with Gasteiger partial charge in [0.2, 0.25) is 5.79 Å². The molecule has 0 aliphatic carbocycles. The van der Waals surface area contributed by atoms with Crippen molar-refractivity contribution in [2.75, 3.05) is 13.7 Å². The van der Waals surface area contributed by atoms with Crippen LogP contribution < -0.4 is 0 Å². The van der Waals surface area contributed by atoms with Crippen molar-refractivity contribution in [3.63, 3.8) is 0 Å². The summed E-state index contributed by atoms with van der Waals surface area (Å²) < 4.78 is 11.3. The van der Waals surface area contributed by atoms with Gasteiger partial charge < -0.3 is 29.9 Å². The molecule has 2 aromatic rings. The SMILES string of the molecule is CCc1ccc(Cc2cc([C@]3(OC)O[C@H](CO)[C@@H](O)[C@H](O)[C@H]3O)ccc2Cl)cc1. The quantitative estimate of drug-likeness (QED) is 0.566. The molecule has 1 saturated heterocycles. The fourth-order valence-corrected chi connectivity index (χ4v) is 3.89. The molecule has 158 valence electrons. The monoisotopic (exact) mass is 422 g/mol. The highest BCUT2D eigenvalue weighted by Crippen LogP contribution is 2.40. The lowest BCUT2D eigenvalue weighted by molar-refractivity contribution is -0.366. The fourth-order valence-electron chi connectivity index (χ4n) is 3.71. The van der Waals surface area contributed by atoms with Crippen molar-refractivity contribution in [3.8, 4) is 0 Å². The van der Waals surface area contributed by atoms with Crippen molar-refractivity contribution in [2.24, 2.45) is 0 Å². The summed E-state index contributed by atoms with van der Waals surface area (Å²) in [6, 6.07) is 13.3. The molecule has 4 N–H and O–H groups in total. The molecule has 1 fully saturated rings. The number of aliphatic hydroxyl groups is 4. The Kier molecular flexibility index (Phi) is 6.96. The van der Waals surface area contributed by atoms with E-state index in [0.717, 1.165) is 17.5 Å². The third-order valence-electron chi connectivity index (χ3n) is 5.53. The summed E-state index contributed by atoms with van der Waals surface area (Å²) >= 11 is 6.40. The Morgan fingerprint density at radius 3 is 2.28 bits per heavy atom. The Bertz CT molecular complexity index is 825. The fraction of sp³-hybridized carbons (Fsp3) is 0.455. The van der Waals surface area contributed by atoms with Crippen LogP contribution in [0.25, 0.3) is 0 Å². The number of methoxy groups -OCH3 is 1. The molecule has 1 heterocycles. The second-order valence-electron chi connectivity index (χ2n) is 7.29. The van der Waals surface area contributed by atoms with Gasteiger partial charge in [0.15, 0.2) is 0 Å². The summed E-state index contributed by atoms with van der Waals surface area (Å²) in [6.45, 7) is 1.56. The van der Waals surface area contributed by atoms with E-state index in [4.69, 9.17) is 21.1 Å². The molecule has 0 aromatic heterocycles. The zero-order valence-electron chi connectivity index (χ0n) is 16.5. The van der Waals surface area contributed by atoms with Crippen LogP contribution in [0.15, 0.2) is 42.5 Å². The van der Waals surface area contributed by atoms with Crippen LogP contribution in [-0.4, -0.2) is 58.6 Å². The van der Waals surface area contributed by atoms with E-state index in [9.17, 15) is 20.4 Å². The molecule has 0 bridgehead atoms. The smallest absolute Gasteiger partial charge is 0.224 e. The summed E-state index contributed by atoms with van der Waals surface area (Å²) in [5.74, 6) is -1.75. The van der Waals surface area contributed by atoms with Gasteiger partial charge in [-0.2, -0.15) is 0 Å². The minimum Gasteiger partial charge on any atom is -0.394 e. The van der Waals surface area contributed by atoms with Gasteiger partial charge in [-0.1, -0.05) is 48.9 Å². The van der Waals surface area contributed by atoms with Crippen molar-refractivity contribution >= 4 is 11.6 Å². The molecule has 3 rings (SSSR count). The molecule has 7 heteroatoms. The highest BCUT2D eigenvalue weighted by Gasteiger charge is 2.55. The average Bonchev–Trinajstić information content (AvgIpc) is 2.75. The lowest BCUT2D eigenvalue weighted by Gasteiger charge is -2.47. The lowest BCUT2D eigenvalue weighted by atomic mass is 9.87. The molecule has 0 saturated carbocycles. The minimum atomic E-state index is -1.75. The maximum atomic E-state index is 10.7. The number of hydrogen-bond acceptors (Lipinski definition) is 6. The molecule has 0 unspecified atom stereocenters. The largest absolute Gasteiger partial charge is 0.394 e. The number of aryl methyl sites for hydroxylation is 1. The van der Waals surface area contributed by atoms with E-state index in [1.807, 2.05) is 12.1 Å². The summed E-state index contributed by atoms with van der Waals surface area (Å²) in [6.07, 6.45) is -4.16. The van der Waals surface area contributed by atoms with Crippen LogP contribution >= 0.6 is 11.6 Å². The van der Waals surface area contributed by atoms with Crippen molar-refractivity contribution in [1.29, 1.82) is 0 Å². The molecule has 0 spiro atoms. The number of halogens is 1. The van der Waals surface area contributed by atoms with E-state index in [1.165, 1.54) is 12.7 Å². The van der Waals surface area contributed by atoms with Gasteiger partial charge in [0.1, 0.15) is 24.4 Å². The van der Waals surface area contributed by atoms with Gasteiger partial charge in [0, 0.05) is 17.7 Å². The normalized spacial score (nSPS) is 29.8. The number of benzene rings is 2. The molecule has 1 aliphatic heterocycles. The highest BCUT2D eigenvalue weighted by atomic mass is 35.5. The van der Waals surface area contributed by atoms with Gasteiger partial charge in [0.05, 0.1) is 6.61 Å². The molecule has 0 amide bonds. The van der Waals surface area contributed by atoms with Gasteiger partial charge in [-0.15, -0.1) is 0 Å². The Morgan fingerprint density at radius 2 is 1.69 bits per heavy atom. The van der Waals surface area contributed by atoms with Gasteiger partial charge in [-0.05, 0) is 41.7 Å². The summed E-state index contributed by atoms with van der Waals surface area (Å²) in [4.78, 5) is 0. The van der Waals surface area contributed by atoms with Crippen LogP contribution in [0.3, 0.4) is 0 Å². The highest BCUT2D eigenvalue weighted by molar-refractivity contribution is 6.31. The van der Waals surface area contributed by atoms with E-state index in [0.29, 0.717) is 17.0 Å². The van der Waals surface area contributed by atoms with Gasteiger partial charge in [-0.25, -0.2) is 0 Å². The first-order valence-electron chi connectivity index (χ1n) is 9.61. The minimum absolute atomic E-state index is 0.432. The number of ether oxygens (including phenoxy) is 2. The van der Waals surface area contributed by atoms with Crippen molar-refractivity contribution < 1.29 is 29.9 Å². The first-order chi connectivity index (χ1) is 13.9. The Morgan fingerprint density at radius 1 is 1.03 bits per heavy atom. The van der Waals surface area contributed by atoms with Crippen LogP contribution in [0, 0.1) is 0 Å². The molecule has 5 atom stereocenters. The van der Waals surface area contributed by atoms with Gasteiger partial charge in [-0.3, -0.25) is 0 Å². The third kappa shape index (κ3) is 4.20. The molecule has 1 aliphatic rings. The predicted molar refractivity (Wildman–Crippen MR) is 109 cm³/mol. The molecular weight excluding hydrogens is 396 g/mol. The standard InChI is InChI=1S/C22H27ClO6/c1-3-13-4-6-14(7-5-13)10-15-11-16(8-9-17(15)23)22(28-2)21(27)20(26)19(25)18(12-24)29-22/h4-9,11,18-21,24-27H,3,10,12H2,1-2H3/t18-,19-,20+,21-,22+/m1/s1. The zero-order valence-corrected chi connectivity index (χ0v) is 17.2. The molecule has 2 aromatic carbocycles. The van der Waals surface area contributed by atoms with Crippen LogP contribution in [0.5, 0.6) is 0 Å². The lowest BCUT2D eigenvalue weighted by Crippen LogP contribution is -2.64. The van der Waals surface area contributed by atoms with E-state index < -0.39 is 36.8 Å². The maximum absolute atomic E-state index is 10.7. The van der Waals surface area contributed by atoms with E-state index >= 15 is 0 Å². The van der Waals surface area contributed by atoms with Crippen molar-refractivity contribution in [3.05, 3.63) is 69.7 Å². The van der Waals surface area contributed by atoms with E-state index in [1.54, 1.807) is 18.2 Å². The van der Waals surface area contributed by atoms with E-state index in [2.05, 4.69) is 19.1 Å². The first kappa shape index (κ1) is 22.2. The van der Waals surface area contributed by atoms with E-state index in [-0.39, 0.29) is 0 Å². The summed E-state index contributed by atoms with van der Waals surface area (Å²) in [5.41, 5.74) is 3.54. The Balaban J connectivity index is 1.97. The molecular formula is C22H27ClO6. The number of rotatable bonds is 6. The molecule has 6 nitrogen and oxygen atoms in total. The number of hydrogen-bond donors (Lipinski definition) is 4. The Labute approximate surface area is 175 Å². The second-order valence-corrected chi connectivity index (χ2v) is 7.70. The van der Waals surface area contributed by atoms with Crippen LogP contribution in [0.2, 0.25) is 5.02 Å². The van der Waals surface area contributed by atoms with Gasteiger partial charge >= 0.3 is 0 Å². The maximum Gasteiger partial charge on any atom is 0.224 e. The zero-order chi connectivity index (χ0) is 21.2. The predicted octanol–water partition coefficient (Wildman–Crippen LogP) is 1.77. The Hall–Kier alpha value is -1.51. The average molecular weight is 423 g/mol. The molecule has 0 radical (unpaired) electrons. The first-order valence-corrected chi connectivity index (χ1v) is 9.98. The summed E-state index contributed by atoms with van der Waals surface area (Å²) in [5, 5.41) is 41.1. The van der Waals surface area contributed by atoms with Crippen molar-refractivity contribution in [2.45, 2.75) is 50.0 Å². The van der Waals surface area contributed by atoms with Crippen LogP contribution in [0.4, 0.5) is 0 Å².